The van der Waals surface area contributed by atoms with Gasteiger partial charge in [-0.1, -0.05) is 5.16 Å². The van der Waals surface area contributed by atoms with Crippen LogP contribution in [0.5, 0.6) is 0 Å². The first kappa shape index (κ1) is 10.2. The van der Waals surface area contributed by atoms with Crippen LogP contribution in [0.2, 0.25) is 0 Å². The van der Waals surface area contributed by atoms with Crippen LogP contribution in [0.15, 0.2) is 10.6 Å². The second-order valence-corrected chi connectivity index (χ2v) is 2.68. The van der Waals surface area contributed by atoms with Crippen molar-refractivity contribution in [3.8, 4) is 0 Å². The number of rotatable bonds is 6. The molecule has 74 valence electrons. The third-order valence-electron chi connectivity index (χ3n) is 1.52. The second kappa shape index (κ2) is 5.69. The van der Waals surface area contributed by atoms with Crippen molar-refractivity contribution in [2.45, 2.75) is 13.2 Å². The van der Waals surface area contributed by atoms with Gasteiger partial charge in [0, 0.05) is 32.8 Å². The van der Waals surface area contributed by atoms with Gasteiger partial charge in [0.2, 0.25) is 0 Å². The van der Waals surface area contributed by atoms with E-state index in [-0.39, 0.29) is 0 Å². The highest BCUT2D eigenvalue weighted by Gasteiger charge is 2.02. The molecule has 1 heterocycles. The highest BCUT2D eigenvalue weighted by Crippen LogP contribution is 2.03. The quantitative estimate of drug-likeness (QED) is 0.604. The van der Waals surface area contributed by atoms with Crippen molar-refractivity contribution in [1.29, 1.82) is 0 Å². The lowest BCUT2D eigenvalue weighted by Crippen LogP contribution is -2.21. The third-order valence-corrected chi connectivity index (χ3v) is 1.52. The minimum absolute atomic E-state index is 0.462. The third kappa shape index (κ3) is 3.54. The Kier molecular flexibility index (Phi) is 4.45. The lowest BCUT2D eigenvalue weighted by Gasteiger charge is -1.96. The molecule has 1 aromatic rings. The molecule has 0 aliphatic rings. The molecule has 1 rings (SSSR count). The summed E-state index contributed by atoms with van der Waals surface area (Å²) < 4.78 is 9.88. The standard InChI is InChI=1S/C8H15N3O2/c1-12-6-8-4-7(11-13-8)5-10-3-2-9/h4,10H,2-3,5-6,9H2,1H3. The number of hydrogen-bond acceptors (Lipinski definition) is 5. The van der Waals surface area contributed by atoms with Gasteiger partial charge in [-0.2, -0.15) is 0 Å². The molecule has 0 bridgehead atoms. The van der Waals surface area contributed by atoms with Crippen molar-refractivity contribution in [2.24, 2.45) is 5.73 Å². The molecule has 1 aromatic heterocycles. The van der Waals surface area contributed by atoms with Crippen LogP contribution in [0.4, 0.5) is 0 Å². The molecule has 0 amide bonds. The van der Waals surface area contributed by atoms with E-state index in [1.54, 1.807) is 7.11 Å². The largest absolute Gasteiger partial charge is 0.377 e. The zero-order valence-electron chi connectivity index (χ0n) is 7.75. The number of aromatic nitrogens is 1. The van der Waals surface area contributed by atoms with Crippen molar-refractivity contribution in [3.63, 3.8) is 0 Å². The van der Waals surface area contributed by atoms with Crippen LogP contribution in [0, 0.1) is 0 Å². The van der Waals surface area contributed by atoms with Gasteiger partial charge in [0.25, 0.3) is 0 Å². The minimum Gasteiger partial charge on any atom is -0.377 e. The summed E-state index contributed by atoms with van der Waals surface area (Å²) in [6.45, 7) is 2.56. The van der Waals surface area contributed by atoms with Gasteiger partial charge in [-0.15, -0.1) is 0 Å². The first-order chi connectivity index (χ1) is 6.36. The monoisotopic (exact) mass is 185 g/mol. The molecule has 13 heavy (non-hydrogen) atoms. The number of nitrogens with zero attached hydrogens (tertiary/aromatic N) is 1. The first-order valence-corrected chi connectivity index (χ1v) is 4.21. The zero-order valence-corrected chi connectivity index (χ0v) is 7.75. The van der Waals surface area contributed by atoms with Crippen LogP contribution in [0.25, 0.3) is 0 Å². The summed E-state index contributed by atoms with van der Waals surface area (Å²) in [6, 6.07) is 1.87. The summed E-state index contributed by atoms with van der Waals surface area (Å²) in [5.74, 6) is 0.743. The van der Waals surface area contributed by atoms with Crippen molar-refractivity contribution in [1.82, 2.24) is 10.5 Å². The van der Waals surface area contributed by atoms with Crippen LogP contribution in [-0.4, -0.2) is 25.4 Å². The molecule has 0 aliphatic heterocycles. The Balaban J connectivity index is 2.31. The summed E-state index contributed by atoms with van der Waals surface area (Å²) in [5, 5.41) is 6.97. The van der Waals surface area contributed by atoms with Crippen molar-refractivity contribution < 1.29 is 9.26 Å². The van der Waals surface area contributed by atoms with Gasteiger partial charge in [-0.05, 0) is 0 Å². The zero-order chi connectivity index (χ0) is 9.52. The van der Waals surface area contributed by atoms with E-state index in [1.807, 2.05) is 6.07 Å². The molecule has 0 atom stereocenters. The average molecular weight is 185 g/mol. The molecular formula is C8H15N3O2. The molecule has 0 saturated carbocycles. The van der Waals surface area contributed by atoms with E-state index in [2.05, 4.69) is 10.5 Å². The van der Waals surface area contributed by atoms with E-state index in [1.165, 1.54) is 0 Å². The molecule has 5 nitrogen and oxygen atoms in total. The van der Waals surface area contributed by atoms with Gasteiger partial charge in [0.1, 0.15) is 6.61 Å². The molecule has 0 radical (unpaired) electrons. The molecule has 5 heteroatoms. The van der Waals surface area contributed by atoms with E-state index in [0.717, 1.165) is 18.0 Å². The van der Waals surface area contributed by atoms with E-state index in [4.69, 9.17) is 15.0 Å². The first-order valence-electron chi connectivity index (χ1n) is 4.21. The number of methoxy groups -OCH3 is 1. The summed E-state index contributed by atoms with van der Waals surface area (Å²) in [7, 11) is 1.62. The summed E-state index contributed by atoms with van der Waals surface area (Å²) in [4.78, 5) is 0. The Morgan fingerprint density at radius 1 is 1.69 bits per heavy atom. The SMILES string of the molecule is COCc1cc(CNCCN)no1. The minimum atomic E-state index is 0.462. The fraction of sp³-hybridized carbons (Fsp3) is 0.625. The van der Waals surface area contributed by atoms with Gasteiger partial charge in [0.05, 0.1) is 5.69 Å². The molecule has 0 unspecified atom stereocenters. The molecule has 3 N–H and O–H groups in total. The van der Waals surface area contributed by atoms with Gasteiger partial charge in [-0.3, -0.25) is 0 Å². The number of nitrogens with two attached hydrogens (primary N) is 1. The van der Waals surface area contributed by atoms with Crippen molar-refractivity contribution in [3.05, 3.63) is 17.5 Å². The summed E-state index contributed by atoms with van der Waals surface area (Å²) in [5.41, 5.74) is 6.19. The van der Waals surface area contributed by atoms with Gasteiger partial charge < -0.3 is 20.3 Å². The molecular weight excluding hydrogens is 170 g/mol. The normalized spacial score (nSPS) is 10.6. The van der Waals surface area contributed by atoms with Gasteiger partial charge >= 0.3 is 0 Å². The predicted octanol–water partition coefficient (Wildman–Crippen LogP) is -0.131. The molecule has 0 saturated heterocycles. The lowest BCUT2D eigenvalue weighted by atomic mass is 10.3. The van der Waals surface area contributed by atoms with Crippen LogP contribution in [0.3, 0.4) is 0 Å². The van der Waals surface area contributed by atoms with E-state index in [0.29, 0.717) is 19.7 Å². The second-order valence-electron chi connectivity index (χ2n) is 2.68. The van der Waals surface area contributed by atoms with Crippen LogP contribution < -0.4 is 11.1 Å². The Labute approximate surface area is 77.2 Å². The van der Waals surface area contributed by atoms with Crippen molar-refractivity contribution >= 4 is 0 Å². The Hall–Kier alpha value is -0.910. The Morgan fingerprint density at radius 2 is 2.54 bits per heavy atom. The highest BCUT2D eigenvalue weighted by atomic mass is 16.5. The van der Waals surface area contributed by atoms with E-state index >= 15 is 0 Å². The van der Waals surface area contributed by atoms with Gasteiger partial charge in [0.15, 0.2) is 5.76 Å². The molecule has 0 aliphatic carbocycles. The Bertz CT molecular complexity index is 237. The van der Waals surface area contributed by atoms with Crippen LogP contribution >= 0.6 is 0 Å². The van der Waals surface area contributed by atoms with Crippen LogP contribution in [0.1, 0.15) is 11.5 Å². The predicted molar refractivity (Wildman–Crippen MR) is 48.0 cm³/mol. The number of hydrogen-bond donors (Lipinski definition) is 2. The maximum Gasteiger partial charge on any atom is 0.162 e. The summed E-state index contributed by atoms with van der Waals surface area (Å²) >= 11 is 0. The maximum absolute atomic E-state index is 5.32. The fourth-order valence-corrected chi connectivity index (χ4v) is 0.968. The van der Waals surface area contributed by atoms with Crippen LogP contribution in [-0.2, 0) is 17.9 Å². The maximum atomic E-state index is 5.32. The fourth-order valence-electron chi connectivity index (χ4n) is 0.968. The highest BCUT2D eigenvalue weighted by molar-refractivity contribution is 5.04. The molecule has 0 aromatic carbocycles. The number of ether oxygens (including phenoxy) is 1. The summed E-state index contributed by atoms with van der Waals surface area (Å²) in [6.07, 6.45) is 0. The lowest BCUT2D eigenvalue weighted by molar-refractivity contribution is 0.155. The average Bonchev–Trinajstić information content (AvgIpc) is 2.54. The van der Waals surface area contributed by atoms with E-state index < -0.39 is 0 Å². The number of nitrogens with one attached hydrogen (secondary N) is 1. The smallest absolute Gasteiger partial charge is 0.162 e. The topological polar surface area (TPSA) is 73.3 Å². The van der Waals surface area contributed by atoms with Gasteiger partial charge in [-0.25, -0.2) is 0 Å². The van der Waals surface area contributed by atoms with E-state index in [9.17, 15) is 0 Å². The molecule has 0 fully saturated rings. The molecule has 0 spiro atoms. The Morgan fingerprint density at radius 3 is 3.23 bits per heavy atom. The van der Waals surface area contributed by atoms with Crippen molar-refractivity contribution in [2.75, 3.05) is 20.2 Å².